The van der Waals surface area contributed by atoms with E-state index in [1.807, 2.05) is 30.3 Å². The van der Waals surface area contributed by atoms with E-state index >= 15 is 0 Å². The predicted octanol–water partition coefficient (Wildman–Crippen LogP) is 15.2. The Morgan fingerprint density at radius 1 is 0.333 bits per heavy atom. The van der Waals surface area contributed by atoms with Gasteiger partial charge in [-0.1, -0.05) is 188 Å². The topological polar surface area (TPSA) is 48.2 Å². The molecule has 1 spiro atoms. The molecule has 1 aliphatic carbocycles. The van der Waals surface area contributed by atoms with Gasteiger partial charge >= 0.3 is 0 Å². The highest BCUT2D eigenvalue weighted by Crippen LogP contribution is 2.62. The number of fused-ring (bicyclic) bond motifs is 12. The number of hydrogen-bond acceptors (Lipinski definition) is 4. The van der Waals surface area contributed by atoms with Crippen molar-refractivity contribution in [2.24, 2.45) is 0 Å². The zero-order valence-electron chi connectivity index (χ0n) is 34.0. The highest BCUT2D eigenvalue weighted by molar-refractivity contribution is 6.09. The fraction of sp³-hybridized carbons (Fsp3) is 0.0169. The van der Waals surface area contributed by atoms with E-state index < -0.39 is 5.41 Å². The number of ether oxygens (including phenoxy) is 1. The molecule has 0 atom stereocenters. The van der Waals surface area contributed by atoms with Gasteiger partial charge in [-0.05, 0) is 69.3 Å². The van der Waals surface area contributed by atoms with Crippen molar-refractivity contribution in [3.8, 4) is 78.8 Å². The molecule has 2 aromatic heterocycles. The first kappa shape index (κ1) is 35.4. The van der Waals surface area contributed by atoms with Crippen LogP contribution in [0.5, 0.6) is 11.5 Å². The zero-order valence-corrected chi connectivity index (χ0v) is 34.0. The van der Waals surface area contributed by atoms with Gasteiger partial charge in [-0.3, -0.25) is 0 Å². The van der Waals surface area contributed by atoms with Crippen LogP contribution in [0, 0.1) is 0 Å². The lowest BCUT2D eigenvalue weighted by Gasteiger charge is -2.39. The van der Waals surface area contributed by atoms with Crippen molar-refractivity contribution in [3.63, 3.8) is 0 Å². The number of hydrogen-bond donors (Lipinski definition) is 0. The van der Waals surface area contributed by atoms with Crippen molar-refractivity contribution in [1.82, 2.24) is 9.97 Å². The van der Waals surface area contributed by atoms with Gasteiger partial charge in [0.25, 0.3) is 0 Å². The highest BCUT2D eigenvalue weighted by Gasteiger charge is 2.51. The Morgan fingerprint density at radius 2 is 0.873 bits per heavy atom. The molecule has 1 aliphatic heterocycles. The van der Waals surface area contributed by atoms with Gasteiger partial charge in [-0.2, -0.15) is 0 Å². The number of furan rings is 1. The first-order chi connectivity index (χ1) is 31.2. The molecule has 9 aromatic carbocycles. The van der Waals surface area contributed by atoms with E-state index in [1.165, 1.54) is 22.3 Å². The average molecular weight is 805 g/mol. The van der Waals surface area contributed by atoms with E-state index in [9.17, 15) is 0 Å². The minimum Gasteiger partial charge on any atom is -0.457 e. The van der Waals surface area contributed by atoms with Crippen LogP contribution in [0.3, 0.4) is 0 Å². The van der Waals surface area contributed by atoms with Crippen molar-refractivity contribution in [1.29, 1.82) is 0 Å². The molecule has 0 radical (unpaired) electrons. The fourth-order valence-electron chi connectivity index (χ4n) is 10.1. The maximum absolute atomic E-state index is 6.70. The lowest BCUT2D eigenvalue weighted by Crippen LogP contribution is -2.32. The third kappa shape index (κ3) is 5.41. The van der Waals surface area contributed by atoms with E-state index in [0.717, 1.165) is 94.9 Å². The summed E-state index contributed by atoms with van der Waals surface area (Å²) in [7, 11) is 0. The molecule has 63 heavy (non-hydrogen) atoms. The molecule has 0 fully saturated rings. The first-order valence-electron chi connectivity index (χ1n) is 21.4. The summed E-state index contributed by atoms with van der Waals surface area (Å²) in [5, 5.41) is 2.24. The van der Waals surface area contributed by atoms with Gasteiger partial charge in [0.15, 0.2) is 5.82 Å². The quantitative estimate of drug-likeness (QED) is 0.174. The second-order valence-corrected chi connectivity index (χ2v) is 16.4. The van der Waals surface area contributed by atoms with Crippen LogP contribution < -0.4 is 4.74 Å². The molecule has 11 aromatic rings. The normalized spacial score (nSPS) is 13.0. The first-order valence-corrected chi connectivity index (χ1v) is 21.4. The van der Waals surface area contributed by atoms with Crippen LogP contribution in [0.15, 0.2) is 223 Å². The summed E-state index contributed by atoms with van der Waals surface area (Å²) in [5.41, 5.74) is 17.8. The maximum atomic E-state index is 6.70. The van der Waals surface area contributed by atoms with Gasteiger partial charge < -0.3 is 9.15 Å². The van der Waals surface area contributed by atoms with Crippen molar-refractivity contribution in [2.45, 2.75) is 5.41 Å². The molecule has 0 saturated heterocycles. The van der Waals surface area contributed by atoms with Crippen molar-refractivity contribution in [2.75, 3.05) is 0 Å². The molecule has 0 unspecified atom stereocenters. The number of nitrogens with zero attached hydrogens (tertiary/aromatic N) is 2. The second kappa shape index (κ2) is 13.8. The molecule has 2 aliphatic rings. The molecule has 0 N–H and O–H groups in total. The Hall–Kier alpha value is -8.34. The van der Waals surface area contributed by atoms with Crippen LogP contribution >= 0.6 is 0 Å². The monoisotopic (exact) mass is 804 g/mol. The number of rotatable bonds is 5. The molecule has 4 heteroatoms. The predicted molar refractivity (Wildman–Crippen MR) is 254 cm³/mol. The highest BCUT2D eigenvalue weighted by atomic mass is 16.5. The van der Waals surface area contributed by atoms with Crippen LogP contribution in [-0.2, 0) is 5.41 Å². The van der Waals surface area contributed by atoms with Crippen LogP contribution in [-0.4, -0.2) is 9.97 Å². The summed E-state index contributed by atoms with van der Waals surface area (Å²) in [6, 6.07) is 77.1. The molecular weight excluding hydrogens is 769 g/mol. The lowest BCUT2D eigenvalue weighted by atomic mass is 9.66. The number of aromatic nitrogens is 2. The zero-order chi connectivity index (χ0) is 41.5. The maximum Gasteiger partial charge on any atom is 0.160 e. The van der Waals surface area contributed by atoms with Crippen LogP contribution in [0.4, 0.5) is 0 Å². The molecule has 4 nitrogen and oxygen atoms in total. The second-order valence-electron chi connectivity index (χ2n) is 16.4. The summed E-state index contributed by atoms with van der Waals surface area (Å²) >= 11 is 0. The number of para-hydroxylation sites is 3. The Morgan fingerprint density at radius 3 is 1.60 bits per heavy atom. The summed E-state index contributed by atoms with van der Waals surface area (Å²) in [6.45, 7) is 0. The van der Waals surface area contributed by atoms with Gasteiger partial charge in [0.2, 0.25) is 0 Å². The van der Waals surface area contributed by atoms with Gasteiger partial charge in [0.05, 0.1) is 16.8 Å². The Balaban J connectivity index is 0.890. The van der Waals surface area contributed by atoms with Gasteiger partial charge in [0.1, 0.15) is 22.7 Å². The molecule has 0 bridgehead atoms. The molecule has 294 valence electrons. The van der Waals surface area contributed by atoms with Crippen LogP contribution in [0.25, 0.3) is 89.2 Å². The Kier molecular flexibility index (Phi) is 7.79. The summed E-state index contributed by atoms with van der Waals surface area (Å²) in [6.07, 6.45) is 0. The minimum absolute atomic E-state index is 0.516. The van der Waals surface area contributed by atoms with Crippen molar-refractivity contribution < 1.29 is 9.15 Å². The van der Waals surface area contributed by atoms with Gasteiger partial charge in [0, 0.05) is 44.2 Å². The fourth-order valence-corrected chi connectivity index (χ4v) is 10.1. The number of benzene rings is 9. The average Bonchev–Trinajstić information content (AvgIpc) is 3.89. The summed E-state index contributed by atoms with van der Waals surface area (Å²) < 4.78 is 13.1. The molecule has 0 amide bonds. The largest absolute Gasteiger partial charge is 0.457 e. The van der Waals surface area contributed by atoms with Crippen molar-refractivity contribution >= 4 is 21.9 Å². The van der Waals surface area contributed by atoms with E-state index in [0.29, 0.717) is 5.82 Å². The van der Waals surface area contributed by atoms with E-state index in [4.69, 9.17) is 19.1 Å². The lowest BCUT2D eigenvalue weighted by molar-refractivity contribution is 0.436. The SMILES string of the molecule is c1ccc(-c2nc(-c3ccc(-c4ccc5c(c4)C4(c6ccccc6O5)c5ccccc5-c5ccccc54)cc3)cc(-c3ccc(-c4cccc5c4oc4ccccc45)cc3)n2)cc1. The standard InChI is InChI=1S/C59H36N2O2/c1-2-13-41(14-3-1)58-60-52(36-53(61-58)40-31-27-38(28-32-40)43-18-12-19-47-46-17-6-10-23-54(46)63-57(43)47)39-29-25-37(26-30-39)42-33-34-56-51(35-42)59(50-22-9-11-24-55(50)62-56)48-20-7-4-15-44(48)45-16-5-8-21-49(45)59/h1-36H. The molecular formula is C59H36N2O2. The summed E-state index contributed by atoms with van der Waals surface area (Å²) in [4.78, 5) is 10.3. The van der Waals surface area contributed by atoms with E-state index in [-0.39, 0.29) is 0 Å². The van der Waals surface area contributed by atoms with Gasteiger partial charge in [-0.15, -0.1) is 0 Å². The molecule has 0 saturated carbocycles. The van der Waals surface area contributed by atoms with E-state index in [1.54, 1.807) is 0 Å². The molecule has 3 heterocycles. The molecule has 13 rings (SSSR count). The Bertz CT molecular complexity index is 3540. The third-order valence-corrected chi connectivity index (χ3v) is 13.0. The van der Waals surface area contributed by atoms with Crippen LogP contribution in [0.2, 0.25) is 0 Å². The minimum atomic E-state index is -0.516. The summed E-state index contributed by atoms with van der Waals surface area (Å²) in [5.74, 6) is 2.45. The Labute approximate surface area is 364 Å². The van der Waals surface area contributed by atoms with Crippen molar-refractivity contribution in [3.05, 3.63) is 241 Å². The van der Waals surface area contributed by atoms with E-state index in [2.05, 4.69) is 188 Å². The van der Waals surface area contributed by atoms with Gasteiger partial charge in [-0.25, -0.2) is 9.97 Å². The third-order valence-electron chi connectivity index (χ3n) is 13.0. The smallest absolute Gasteiger partial charge is 0.160 e. The van der Waals surface area contributed by atoms with Crippen LogP contribution in [0.1, 0.15) is 22.3 Å².